The molecule has 0 bridgehead atoms. The van der Waals surface area contributed by atoms with Crippen molar-refractivity contribution in [1.82, 2.24) is 5.32 Å². The highest BCUT2D eigenvalue weighted by Crippen LogP contribution is 2.18. The molecule has 2 nitrogen and oxygen atoms in total. The number of aliphatic hydroxyl groups is 1. The number of benzene rings is 1. The molecule has 1 aromatic rings. The molecule has 0 aliphatic carbocycles. The number of hydrogen-bond donors (Lipinski definition) is 2. The predicted molar refractivity (Wildman–Crippen MR) is 63.8 cm³/mol. The van der Waals surface area contributed by atoms with Crippen LogP contribution in [0.15, 0.2) is 30.3 Å². The van der Waals surface area contributed by atoms with Gasteiger partial charge < -0.3 is 10.4 Å². The molecule has 1 rings (SSSR count). The Morgan fingerprint density at radius 3 is 2.13 bits per heavy atom. The van der Waals surface area contributed by atoms with E-state index in [1.807, 2.05) is 39.0 Å². The molecule has 0 amide bonds. The molecule has 1 aromatic carbocycles. The lowest BCUT2D eigenvalue weighted by Crippen LogP contribution is -2.49. The first-order valence-corrected chi connectivity index (χ1v) is 5.44. The van der Waals surface area contributed by atoms with Crippen molar-refractivity contribution in [3.63, 3.8) is 0 Å². The van der Waals surface area contributed by atoms with Gasteiger partial charge in [-0.2, -0.15) is 0 Å². The van der Waals surface area contributed by atoms with Crippen molar-refractivity contribution in [2.24, 2.45) is 0 Å². The Labute approximate surface area is 92.3 Å². The molecule has 0 fully saturated rings. The minimum Gasteiger partial charge on any atom is -0.392 e. The van der Waals surface area contributed by atoms with Crippen molar-refractivity contribution < 1.29 is 5.11 Å². The van der Waals surface area contributed by atoms with Crippen molar-refractivity contribution in [2.75, 3.05) is 0 Å². The fraction of sp³-hybridized carbons (Fsp3) is 0.538. The third-order valence-electron chi connectivity index (χ3n) is 2.93. The zero-order chi connectivity index (χ0) is 11.5. The molecule has 0 saturated heterocycles. The average molecular weight is 207 g/mol. The first kappa shape index (κ1) is 12.2. The molecule has 0 saturated carbocycles. The Morgan fingerprint density at radius 1 is 1.13 bits per heavy atom. The van der Waals surface area contributed by atoms with Gasteiger partial charge in [0.25, 0.3) is 0 Å². The van der Waals surface area contributed by atoms with Crippen LogP contribution in [0.2, 0.25) is 0 Å². The van der Waals surface area contributed by atoms with Gasteiger partial charge in [-0.15, -0.1) is 0 Å². The quantitative estimate of drug-likeness (QED) is 0.795. The molecule has 2 atom stereocenters. The molecular weight excluding hydrogens is 186 g/mol. The summed E-state index contributed by atoms with van der Waals surface area (Å²) < 4.78 is 0. The van der Waals surface area contributed by atoms with Crippen molar-refractivity contribution >= 4 is 0 Å². The van der Waals surface area contributed by atoms with Crippen molar-refractivity contribution in [2.45, 2.75) is 45.4 Å². The summed E-state index contributed by atoms with van der Waals surface area (Å²) in [7, 11) is 0. The summed E-state index contributed by atoms with van der Waals surface area (Å²) in [5.41, 5.74) is 0.973. The first-order chi connectivity index (χ1) is 6.93. The molecule has 0 aromatic heterocycles. The average Bonchev–Trinajstić information content (AvgIpc) is 2.18. The smallest absolute Gasteiger partial charge is 0.0688 e. The van der Waals surface area contributed by atoms with Gasteiger partial charge >= 0.3 is 0 Å². The summed E-state index contributed by atoms with van der Waals surface area (Å²) in [6, 6.07) is 10.5. The van der Waals surface area contributed by atoms with Crippen LogP contribution in [0.3, 0.4) is 0 Å². The van der Waals surface area contributed by atoms with Crippen LogP contribution < -0.4 is 5.32 Å². The van der Waals surface area contributed by atoms with Gasteiger partial charge in [0, 0.05) is 11.6 Å². The Hall–Kier alpha value is -0.860. The minimum atomic E-state index is -0.372. The Bertz CT molecular complexity index is 293. The fourth-order valence-electron chi connectivity index (χ4n) is 1.50. The Balaban J connectivity index is 2.68. The van der Waals surface area contributed by atoms with Gasteiger partial charge in [0.05, 0.1) is 6.10 Å². The molecular formula is C13H21NO. The van der Waals surface area contributed by atoms with E-state index >= 15 is 0 Å². The maximum atomic E-state index is 9.61. The largest absolute Gasteiger partial charge is 0.392 e. The predicted octanol–water partition coefficient (Wildman–Crippen LogP) is 2.50. The van der Waals surface area contributed by atoms with Crippen LogP contribution in [0.4, 0.5) is 0 Å². The number of hydrogen-bond acceptors (Lipinski definition) is 2. The Morgan fingerprint density at radius 2 is 1.67 bits per heavy atom. The standard InChI is InChI=1S/C13H21NO/c1-10(12-8-6-5-7-9-12)14-13(3,4)11(2)15/h5-11,14-15H,1-4H3. The topological polar surface area (TPSA) is 32.3 Å². The van der Waals surface area contributed by atoms with Crippen molar-refractivity contribution in [1.29, 1.82) is 0 Å². The number of rotatable bonds is 4. The second-order valence-corrected chi connectivity index (χ2v) is 4.67. The highest BCUT2D eigenvalue weighted by Gasteiger charge is 2.25. The molecule has 2 heteroatoms. The van der Waals surface area contributed by atoms with Gasteiger partial charge in [0.15, 0.2) is 0 Å². The van der Waals surface area contributed by atoms with E-state index in [-0.39, 0.29) is 17.7 Å². The zero-order valence-electron chi connectivity index (χ0n) is 9.99. The van der Waals surface area contributed by atoms with Gasteiger partial charge in [-0.25, -0.2) is 0 Å². The summed E-state index contributed by atoms with van der Waals surface area (Å²) in [6.07, 6.45) is -0.372. The molecule has 0 aliphatic rings. The summed E-state index contributed by atoms with van der Waals surface area (Å²) in [5, 5.41) is 13.0. The van der Waals surface area contributed by atoms with E-state index in [2.05, 4.69) is 24.4 Å². The maximum absolute atomic E-state index is 9.61. The normalized spacial score (nSPS) is 16.1. The lowest BCUT2D eigenvalue weighted by atomic mass is 9.96. The molecule has 0 heterocycles. The fourth-order valence-corrected chi connectivity index (χ4v) is 1.50. The second kappa shape index (κ2) is 4.77. The van der Waals surface area contributed by atoms with Crippen LogP contribution in [0.5, 0.6) is 0 Å². The van der Waals surface area contributed by atoms with E-state index in [0.29, 0.717) is 0 Å². The molecule has 2 unspecified atom stereocenters. The number of nitrogens with one attached hydrogen (secondary N) is 1. The third-order valence-corrected chi connectivity index (χ3v) is 2.93. The van der Waals surface area contributed by atoms with E-state index in [0.717, 1.165) is 0 Å². The summed E-state index contributed by atoms with van der Waals surface area (Å²) in [4.78, 5) is 0. The molecule has 0 aliphatic heterocycles. The zero-order valence-corrected chi connectivity index (χ0v) is 9.99. The van der Waals surface area contributed by atoms with Gasteiger partial charge in [-0.05, 0) is 33.3 Å². The maximum Gasteiger partial charge on any atom is 0.0688 e. The van der Waals surface area contributed by atoms with Crippen molar-refractivity contribution in [3.05, 3.63) is 35.9 Å². The van der Waals surface area contributed by atoms with E-state index in [1.54, 1.807) is 0 Å². The molecule has 15 heavy (non-hydrogen) atoms. The van der Waals surface area contributed by atoms with E-state index in [4.69, 9.17) is 0 Å². The third kappa shape index (κ3) is 3.33. The summed E-state index contributed by atoms with van der Waals surface area (Å²) >= 11 is 0. The first-order valence-electron chi connectivity index (χ1n) is 5.44. The van der Waals surface area contributed by atoms with Gasteiger partial charge in [0.2, 0.25) is 0 Å². The highest BCUT2D eigenvalue weighted by molar-refractivity contribution is 5.18. The second-order valence-electron chi connectivity index (χ2n) is 4.67. The molecule has 84 valence electrons. The Kier molecular flexibility index (Phi) is 3.89. The molecule has 0 spiro atoms. The lowest BCUT2D eigenvalue weighted by molar-refractivity contribution is 0.0895. The van der Waals surface area contributed by atoms with Gasteiger partial charge in [0.1, 0.15) is 0 Å². The number of aliphatic hydroxyl groups excluding tert-OH is 1. The monoisotopic (exact) mass is 207 g/mol. The summed E-state index contributed by atoms with van der Waals surface area (Å²) in [5.74, 6) is 0. The molecule has 0 radical (unpaired) electrons. The SMILES string of the molecule is CC(NC(C)(C)C(C)O)c1ccccc1. The van der Waals surface area contributed by atoms with Gasteiger partial charge in [-0.1, -0.05) is 30.3 Å². The van der Waals surface area contributed by atoms with Crippen LogP contribution in [0, 0.1) is 0 Å². The van der Waals surface area contributed by atoms with Crippen LogP contribution in [0.25, 0.3) is 0 Å². The van der Waals surface area contributed by atoms with E-state index < -0.39 is 0 Å². The van der Waals surface area contributed by atoms with Crippen LogP contribution in [-0.4, -0.2) is 16.7 Å². The van der Waals surface area contributed by atoms with Gasteiger partial charge in [-0.3, -0.25) is 0 Å². The minimum absolute atomic E-state index is 0.246. The van der Waals surface area contributed by atoms with E-state index in [1.165, 1.54) is 5.56 Å². The lowest BCUT2D eigenvalue weighted by Gasteiger charge is -2.33. The van der Waals surface area contributed by atoms with Crippen molar-refractivity contribution in [3.8, 4) is 0 Å². The van der Waals surface area contributed by atoms with Crippen LogP contribution >= 0.6 is 0 Å². The van der Waals surface area contributed by atoms with Crippen LogP contribution in [-0.2, 0) is 0 Å². The molecule has 2 N–H and O–H groups in total. The highest BCUT2D eigenvalue weighted by atomic mass is 16.3. The van der Waals surface area contributed by atoms with Crippen LogP contribution in [0.1, 0.15) is 39.3 Å². The summed E-state index contributed by atoms with van der Waals surface area (Å²) in [6.45, 7) is 7.94. The van der Waals surface area contributed by atoms with E-state index in [9.17, 15) is 5.11 Å².